The van der Waals surface area contributed by atoms with Gasteiger partial charge in [-0.05, 0) is 63.0 Å². The zero-order valence-corrected chi connectivity index (χ0v) is 24.0. The van der Waals surface area contributed by atoms with Gasteiger partial charge in [0, 0.05) is 24.5 Å². The van der Waals surface area contributed by atoms with Crippen LogP contribution in [0.15, 0.2) is 30.3 Å². The first-order chi connectivity index (χ1) is 15.2. The van der Waals surface area contributed by atoms with Crippen molar-refractivity contribution in [1.29, 1.82) is 0 Å². The van der Waals surface area contributed by atoms with E-state index in [1.807, 2.05) is 44.2 Å². The fourth-order valence-corrected chi connectivity index (χ4v) is 8.03. The van der Waals surface area contributed by atoms with Gasteiger partial charge in [-0.25, -0.2) is 13.1 Å². The van der Waals surface area contributed by atoms with Gasteiger partial charge >= 0.3 is 0 Å². The van der Waals surface area contributed by atoms with Crippen molar-refractivity contribution in [3.8, 4) is 0 Å². The van der Waals surface area contributed by atoms with Gasteiger partial charge < -0.3 is 4.90 Å². The summed E-state index contributed by atoms with van der Waals surface area (Å²) in [5.41, 5.74) is 1.07. The lowest BCUT2D eigenvalue weighted by molar-refractivity contribution is 0.0739. The molecule has 0 aromatic heterocycles. The first kappa shape index (κ1) is 30.1. The smallest absolute Gasteiger partial charge is 0.217 e. The van der Waals surface area contributed by atoms with Crippen LogP contribution in [0.25, 0.3) is 0 Å². The average Bonchev–Trinajstić information content (AvgIpc) is 2.73. The Morgan fingerprint density at radius 2 is 1.48 bits per heavy atom. The molecular formula is C28H52N2O2S. The molecule has 0 aliphatic carbocycles. The standard InChI is InChI=1S/C28H52N2O2S/c1-11-27(9,22-30(10)24(5)23(4)21-26(6,7)8)28(12-2,13-3)33(31,32)29-20-19-25-17-15-14-16-18-25/h14-18,23-24,29H,11-13,19-22H2,1-10H3. The van der Waals surface area contributed by atoms with E-state index in [1.54, 1.807) is 0 Å². The summed E-state index contributed by atoms with van der Waals surface area (Å²) in [4.78, 5) is 2.40. The highest BCUT2D eigenvalue weighted by Crippen LogP contribution is 2.46. The molecule has 1 N–H and O–H groups in total. The number of hydrogen-bond acceptors (Lipinski definition) is 3. The molecule has 3 unspecified atom stereocenters. The lowest BCUT2D eigenvalue weighted by Gasteiger charge is -2.50. The topological polar surface area (TPSA) is 49.4 Å². The molecule has 192 valence electrons. The van der Waals surface area contributed by atoms with E-state index in [2.05, 4.69) is 65.1 Å². The Kier molecular flexibility index (Phi) is 11.1. The first-order valence-corrected chi connectivity index (χ1v) is 14.4. The van der Waals surface area contributed by atoms with E-state index in [-0.39, 0.29) is 10.8 Å². The van der Waals surface area contributed by atoms with Crippen molar-refractivity contribution in [2.45, 2.75) is 105 Å². The van der Waals surface area contributed by atoms with Gasteiger partial charge in [-0.3, -0.25) is 0 Å². The maximum Gasteiger partial charge on any atom is 0.217 e. The Bertz CT molecular complexity index is 797. The van der Waals surface area contributed by atoms with Crippen LogP contribution in [-0.4, -0.2) is 44.2 Å². The van der Waals surface area contributed by atoms with E-state index in [9.17, 15) is 8.42 Å². The molecule has 0 saturated carbocycles. The number of hydrogen-bond donors (Lipinski definition) is 1. The van der Waals surface area contributed by atoms with Crippen LogP contribution in [0.2, 0.25) is 0 Å². The summed E-state index contributed by atoms with van der Waals surface area (Å²) >= 11 is 0. The van der Waals surface area contributed by atoms with E-state index in [0.29, 0.717) is 37.8 Å². The minimum Gasteiger partial charge on any atom is -0.303 e. The zero-order chi connectivity index (χ0) is 25.5. The Labute approximate surface area is 206 Å². The number of sulfonamides is 1. The highest BCUT2D eigenvalue weighted by Gasteiger charge is 2.54. The zero-order valence-electron chi connectivity index (χ0n) is 23.2. The molecule has 0 radical (unpaired) electrons. The quantitative estimate of drug-likeness (QED) is 0.330. The fraction of sp³-hybridized carbons (Fsp3) is 0.786. The normalized spacial score (nSPS) is 17.1. The first-order valence-electron chi connectivity index (χ1n) is 12.9. The lowest BCUT2D eigenvalue weighted by atomic mass is 9.70. The average molecular weight is 481 g/mol. The van der Waals surface area contributed by atoms with Gasteiger partial charge in [-0.15, -0.1) is 0 Å². The van der Waals surface area contributed by atoms with Crippen LogP contribution >= 0.6 is 0 Å². The summed E-state index contributed by atoms with van der Waals surface area (Å²) in [6.07, 6.45) is 3.88. The Morgan fingerprint density at radius 3 is 1.94 bits per heavy atom. The summed E-state index contributed by atoms with van der Waals surface area (Å²) in [6.45, 7) is 21.1. The van der Waals surface area contributed by atoms with Crippen molar-refractivity contribution in [2.75, 3.05) is 20.1 Å². The fourth-order valence-electron chi connectivity index (χ4n) is 5.76. The van der Waals surface area contributed by atoms with Gasteiger partial charge in [0.15, 0.2) is 0 Å². The van der Waals surface area contributed by atoms with E-state index in [1.165, 1.54) is 0 Å². The second-order valence-electron chi connectivity index (χ2n) is 11.6. The van der Waals surface area contributed by atoms with Gasteiger partial charge in [0.2, 0.25) is 10.0 Å². The van der Waals surface area contributed by atoms with Crippen LogP contribution in [0.1, 0.15) is 93.6 Å². The van der Waals surface area contributed by atoms with E-state index >= 15 is 0 Å². The molecule has 4 nitrogen and oxygen atoms in total. The van der Waals surface area contributed by atoms with Crippen LogP contribution in [-0.2, 0) is 16.4 Å². The molecule has 3 atom stereocenters. The van der Waals surface area contributed by atoms with Crippen molar-refractivity contribution in [3.63, 3.8) is 0 Å². The third-order valence-electron chi connectivity index (χ3n) is 8.14. The highest BCUT2D eigenvalue weighted by atomic mass is 32.2. The van der Waals surface area contributed by atoms with Crippen molar-refractivity contribution in [2.24, 2.45) is 16.7 Å². The van der Waals surface area contributed by atoms with Crippen LogP contribution in [0.4, 0.5) is 0 Å². The van der Waals surface area contributed by atoms with Crippen molar-refractivity contribution in [1.82, 2.24) is 9.62 Å². The molecule has 5 heteroatoms. The Morgan fingerprint density at radius 1 is 0.939 bits per heavy atom. The minimum absolute atomic E-state index is 0.283. The molecule has 0 bridgehead atoms. The second kappa shape index (κ2) is 12.2. The van der Waals surface area contributed by atoms with E-state index < -0.39 is 14.8 Å². The molecule has 0 amide bonds. The molecule has 0 heterocycles. The molecule has 0 aliphatic rings. The van der Waals surface area contributed by atoms with Gasteiger partial charge in [-0.1, -0.05) is 85.7 Å². The van der Waals surface area contributed by atoms with Crippen molar-refractivity contribution < 1.29 is 8.42 Å². The summed E-state index contributed by atoms with van der Waals surface area (Å²) < 4.78 is 29.9. The van der Waals surface area contributed by atoms with Gasteiger partial charge in [-0.2, -0.15) is 0 Å². The molecule has 0 fully saturated rings. The minimum atomic E-state index is -3.52. The predicted octanol–water partition coefficient (Wildman–Crippen LogP) is 6.52. The van der Waals surface area contributed by atoms with Crippen molar-refractivity contribution in [3.05, 3.63) is 35.9 Å². The van der Waals surface area contributed by atoms with Gasteiger partial charge in [0.25, 0.3) is 0 Å². The van der Waals surface area contributed by atoms with Gasteiger partial charge in [0.1, 0.15) is 0 Å². The molecule has 1 rings (SSSR count). The SMILES string of the molecule is CCC(C)(CN(C)C(C)C(C)CC(C)(C)C)C(CC)(CC)S(=O)(=O)NCCc1ccccc1. The third kappa shape index (κ3) is 7.53. The highest BCUT2D eigenvalue weighted by molar-refractivity contribution is 7.91. The van der Waals surface area contributed by atoms with E-state index in [4.69, 9.17) is 0 Å². The monoisotopic (exact) mass is 480 g/mol. The van der Waals surface area contributed by atoms with Crippen molar-refractivity contribution >= 4 is 10.0 Å². The molecule has 1 aromatic rings. The van der Waals surface area contributed by atoms with Crippen LogP contribution < -0.4 is 4.72 Å². The maximum atomic E-state index is 13.9. The summed E-state index contributed by atoms with van der Waals surface area (Å²) in [6, 6.07) is 10.5. The maximum absolute atomic E-state index is 13.9. The molecule has 1 aromatic carbocycles. The summed E-state index contributed by atoms with van der Waals surface area (Å²) in [7, 11) is -1.35. The molecule has 0 spiro atoms. The van der Waals surface area contributed by atoms with Crippen LogP contribution in [0, 0.1) is 16.7 Å². The molecule has 0 saturated heterocycles. The van der Waals surface area contributed by atoms with E-state index in [0.717, 1.165) is 24.9 Å². The molecular weight excluding hydrogens is 428 g/mol. The number of benzene rings is 1. The Hall–Kier alpha value is -0.910. The number of nitrogens with zero attached hydrogens (tertiary/aromatic N) is 1. The second-order valence-corrected chi connectivity index (χ2v) is 13.7. The third-order valence-corrected chi connectivity index (χ3v) is 10.8. The summed E-state index contributed by atoms with van der Waals surface area (Å²) in [5.74, 6) is 0.536. The summed E-state index contributed by atoms with van der Waals surface area (Å²) in [5, 5.41) is 0. The number of nitrogens with one attached hydrogen (secondary N) is 1. The largest absolute Gasteiger partial charge is 0.303 e. The predicted molar refractivity (Wildman–Crippen MR) is 144 cm³/mol. The Balaban J connectivity index is 3.11. The lowest BCUT2D eigenvalue weighted by Crippen LogP contribution is -2.60. The molecule has 33 heavy (non-hydrogen) atoms. The van der Waals surface area contributed by atoms with Crippen LogP contribution in [0.3, 0.4) is 0 Å². The molecule has 0 aliphatic heterocycles. The van der Waals surface area contributed by atoms with Gasteiger partial charge in [0.05, 0.1) is 4.75 Å². The number of rotatable bonds is 14. The van der Waals surface area contributed by atoms with Crippen LogP contribution in [0.5, 0.6) is 0 Å².